The van der Waals surface area contributed by atoms with Gasteiger partial charge < -0.3 is 4.74 Å². The number of benzene rings is 2. The Hall–Kier alpha value is -2.20. The Morgan fingerprint density at radius 3 is 2.11 bits per heavy atom. The minimum atomic E-state index is 0.833. The summed E-state index contributed by atoms with van der Waals surface area (Å²) in [5.41, 5.74) is 3.54. The van der Waals surface area contributed by atoms with Crippen molar-refractivity contribution in [3.05, 3.63) is 65.2 Å². The lowest BCUT2D eigenvalue weighted by Crippen LogP contribution is -1.90. The van der Waals surface area contributed by atoms with E-state index < -0.39 is 0 Å². The predicted octanol–water partition coefficient (Wildman–Crippen LogP) is 4.20. The Bertz CT molecular complexity index is 566. The van der Waals surface area contributed by atoms with Gasteiger partial charge in [-0.2, -0.15) is 0 Å². The summed E-state index contributed by atoms with van der Waals surface area (Å²) >= 11 is 0. The van der Waals surface area contributed by atoms with E-state index in [9.17, 15) is 0 Å². The third kappa shape index (κ3) is 3.89. The van der Waals surface area contributed by atoms with Gasteiger partial charge in [0.05, 0.1) is 0 Å². The van der Waals surface area contributed by atoms with Gasteiger partial charge in [-0.25, -0.2) is 0 Å². The number of hydrogen-bond acceptors (Lipinski definition) is 1. The average molecular weight is 250 g/mol. The molecular weight excluding hydrogens is 232 g/mol. The van der Waals surface area contributed by atoms with Gasteiger partial charge in [-0.05, 0) is 54.2 Å². The van der Waals surface area contributed by atoms with Gasteiger partial charge >= 0.3 is 0 Å². The van der Waals surface area contributed by atoms with Crippen molar-refractivity contribution in [3.63, 3.8) is 0 Å². The quantitative estimate of drug-likeness (QED) is 0.742. The van der Waals surface area contributed by atoms with Crippen LogP contribution in [-0.4, -0.2) is 0 Å². The van der Waals surface area contributed by atoms with Gasteiger partial charge in [0.1, 0.15) is 11.9 Å². The molecule has 2 aromatic rings. The van der Waals surface area contributed by atoms with E-state index in [0.29, 0.717) is 0 Å². The highest BCUT2D eigenvalue weighted by molar-refractivity contribution is 5.37. The fraction of sp³-hybridized carbons (Fsp3) is 0.222. The van der Waals surface area contributed by atoms with Crippen molar-refractivity contribution >= 4 is 0 Å². The number of hydrogen-bond donors (Lipinski definition) is 0. The van der Waals surface area contributed by atoms with E-state index >= 15 is 0 Å². The topological polar surface area (TPSA) is 9.23 Å². The molecule has 0 amide bonds. The Balaban J connectivity index is 2.13. The van der Waals surface area contributed by atoms with E-state index in [2.05, 4.69) is 44.1 Å². The molecule has 0 spiro atoms. The maximum Gasteiger partial charge on any atom is 0.140 e. The fourth-order valence-corrected chi connectivity index (χ4v) is 1.86. The van der Waals surface area contributed by atoms with Crippen LogP contribution in [-0.2, 0) is 12.8 Å². The van der Waals surface area contributed by atoms with Crippen molar-refractivity contribution in [1.29, 1.82) is 0 Å². The SMILES string of the molecule is CCc1cc(CC)cc(OC#Cc2ccccc2)c1. The van der Waals surface area contributed by atoms with E-state index in [1.165, 1.54) is 11.1 Å². The summed E-state index contributed by atoms with van der Waals surface area (Å²) in [5.74, 6) is 3.83. The van der Waals surface area contributed by atoms with Gasteiger partial charge in [-0.3, -0.25) is 0 Å². The molecule has 1 nitrogen and oxygen atoms in total. The first-order chi connectivity index (χ1) is 9.31. The highest BCUT2D eigenvalue weighted by Gasteiger charge is 1.99. The van der Waals surface area contributed by atoms with Gasteiger partial charge in [0.15, 0.2) is 0 Å². The first kappa shape index (κ1) is 13.2. The molecule has 0 saturated heterocycles. The van der Waals surface area contributed by atoms with Crippen molar-refractivity contribution in [1.82, 2.24) is 0 Å². The van der Waals surface area contributed by atoms with E-state index in [-0.39, 0.29) is 0 Å². The van der Waals surface area contributed by atoms with Gasteiger partial charge in [0, 0.05) is 5.56 Å². The Morgan fingerprint density at radius 2 is 1.53 bits per heavy atom. The lowest BCUT2D eigenvalue weighted by Gasteiger charge is -2.05. The molecule has 0 saturated carbocycles. The molecule has 0 heterocycles. The first-order valence-corrected chi connectivity index (χ1v) is 6.67. The number of rotatable bonds is 3. The minimum absolute atomic E-state index is 0.833. The lowest BCUT2D eigenvalue weighted by atomic mass is 10.1. The first-order valence-electron chi connectivity index (χ1n) is 6.67. The van der Waals surface area contributed by atoms with Crippen LogP contribution in [0.1, 0.15) is 30.5 Å². The summed E-state index contributed by atoms with van der Waals surface area (Å²) in [6.07, 6.45) is 4.79. The van der Waals surface area contributed by atoms with Crippen LogP contribution in [0.2, 0.25) is 0 Å². The number of aryl methyl sites for hydroxylation is 2. The van der Waals surface area contributed by atoms with Crippen molar-refractivity contribution in [2.75, 3.05) is 0 Å². The van der Waals surface area contributed by atoms with Crippen molar-refractivity contribution in [3.8, 4) is 17.8 Å². The van der Waals surface area contributed by atoms with Crippen LogP contribution in [0.5, 0.6) is 5.75 Å². The van der Waals surface area contributed by atoms with Crippen LogP contribution in [0.25, 0.3) is 0 Å². The summed E-state index contributed by atoms with van der Waals surface area (Å²) in [7, 11) is 0. The fourth-order valence-electron chi connectivity index (χ4n) is 1.86. The Morgan fingerprint density at radius 1 is 0.895 bits per heavy atom. The molecule has 1 heteroatoms. The van der Waals surface area contributed by atoms with Crippen LogP contribution < -0.4 is 4.74 Å². The van der Waals surface area contributed by atoms with Crippen LogP contribution in [0.15, 0.2) is 48.5 Å². The van der Waals surface area contributed by atoms with Crippen molar-refractivity contribution < 1.29 is 4.74 Å². The third-order valence-corrected chi connectivity index (χ3v) is 2.98. The highest BCUT2D eigenvalue weighted by Crippen LogP contribution is 2.18. The summed E-state index contributed by atoms with van der Waals surface area (Å²) < 4.78 is 5.53. The zero-order valence-corrected chi connectivity index (χ0v) is 11.4. The maximum atomic E-state index is 5.53. The molecule has 0 bridgehead atoms. The Labute approximate surface area is 115 Å². The van der Waals surface area contributed by atoms with E-state index in [4.69, 9.17) is 4.74 Å². The average Bonchev–Trinajstić information content (AvgIpc) is 2.48. The molecule has 0 radical (unpaired) electrons. The summed E-state index contributed by atoms with van der Waals surface area (Å²) in [6.45, 7) is 4.29. The standard InChI is InChI=1S/C18H18O/c1-3-15-12-16(4-2)14-18(13-15)19-11-10-17-8-6-5-7-9-17/h5-9,12-14H,3-4H2,1-2H3. The molecular formula is C18H18O. The van der Waals surface area contributed by atoms with Gasteiger partial charge in [0.25, 0.3) is 0 Å². The van der Waals surface area contributed by atoms with Gasteiger partial charge in [-0.1, -0.05) is 38.1 Å². The second-order valence-corrected chi connectivity index (χ2v) is 4.39. The van der Waals surface area contributed by atoms with E-state index in [0.717, 1.165) is 24.2 Å². The monoisotopic (exact) mass is 250 g/mol. The largest absolute Gasteiger partial charge is 0.407 e. The Kier molecular flexibility index (Phi) is 4.64. The number of ether oxygens (including phenoxy) is 1. The summed E-state index contributed by atoms with van der Waals surface area (Å²) in [6, 6.07) is 16.2. The molecule has 0 N–H and O–H groups in total. The third-order valence-electron chi connectivity index (χ3n) is 2.98. The van der Waals surface area contributed by atoms with Crippen LogP contribution in [0, 0.1) is 12.0 Å². The smallest absolute Gasteiger partial charge is 0.140 e. The molecule has 2 aromatic carbocycles. The molecule has 0 aliphatic heterocycles. The molecule has 0 atom stereocenters. The molecule has 0 aliphatic rings. The predicted molar refractivity (Wildman–Crippen MR) is 79.1 cm³/mol. The van der Waals surface area contributed by atoms with Gasteiger partial charge in [0.2, 0.25) is 0 Å². The van der Waals surface area contributed by atoms with Gasteiger partial charge in [-0.15, -0.1) is 0 Å². The second-order valence-electron chi connectivity index (χ2n) is 4.39. The molecule has 96 valence electrons. The normalized spacial score (nSPS) is 9.58. The molecule has 19 heavy (non-hydrogen) atoms. The summed E-state index contributed by atoms with van der Waals surface area (Å²) in [5, 5.41) is 0. The highest BCUT2D eigenvalue weighted by atomic mass is 16.5. The molecule has 2 rings (SSSR count). The minimum Gasteiger partial charge on any atom is -0.407 e. The molecule has 0 unspecified atom stereocenters. The van der Waals surface area contributed by atoms with E-state index in [1.807, 2.05) is 30.3 Å². The summed E-state index contributed by atoms with van der Waals surface area (Å²) in [4.78, 5) is 0. The lowest BCUT2D eigenvalue weighted by molar-refractivity contribution is 0.518. The maximum absolute atomic E-state index is 5.53. The molecule has 0 aliphatic carbocycles. The zero-order valence-electron chi connectivity index (χ0n) is 11.4. The van der Waals surface area contributed by atoms with Crippen LogP contribution in [0.3, 0.4) is 0 Å². The zero-order chi connectivity index (χ0) is 13.5. The van der Waals surface area contributed by atoms with Crippen molar-refractivity contribution in [2.24, 2.45) is 0 Å². The molecule has 0 fully saturated rings. The molecule has 0 aromatic heterocycles. The van der Waals surface area contributed by atoms with E-state index in [1.54, 1.807) is 0 Å². The second kappa shape index (κ2) is 6.66. The van der Waals surface area contributed by atoms with Crippen molar-refractivity contribution in [2.45, 2.75) is 26.7 Å². The van der Waals surface area contributed by atoms with Crippen LogP contribution in [0.4, 0.5) is 0 Å². The van der Waals surface area contributed by atoms with Crippen LogP contribution >= 0.6 is 0 Å².